The zero-order valence-corrected chi connectivity index (χ0v) is 11.8. The minimum Gasteiger partial charge on any atom is -0.376 e. The van der Waals surface area contributed by atoms with Gasteiger partial charge in [0.05, 0.1) is 25.0 Å². The fourth-order valence-corrected chi connectivity index (χ4v) is 2.69. The zero-order valence-electron chi connectivity index (χ0n) is 11.0. The van der Waals surface area contributed by atoms with Gasteiger partial charge in [-0.1, -0.05) is 6.92 Å². The first-order chi connectivity index (χ1) is 8.88. The second-order valence-electron chi connectivity index (χ2n) is 4.56. The van der Waals surface area contributed by atoms with Crippen LogP contribution in [0, 0.1) is 0 Å². The van der Waals surface area contributed by atoms with Crippen LogP contribution in [0.3, 0.4) is 0 Å². The first-order valence-electron chi connectivity index (χ1n) is 6.72. The molecule has 1 aliphatic heterocycles. The highest BCUT2D eigenvalue weighted by Gasteiger charge is 2.15. The van der Waals surface area contributed by atoms with Crippen molar-refractivity contribution in [1.29, 1.82) is 0 Å². The molecule has 0 bridgehead atoms. The van der Waals surface area contributed by atoms with E-state index in [4.69, 9.17) is 9.47 Å². The van der Waals surface area contributed by atoms with Crippen LogP contribution in [-0.2, 0) is 22.6 Å². The summed E-state index contributed by atoms with van der Waals surface area (Å²) in [5, 5.41) is 6.57. The van der Waals surface area contributed by atoms with Gasteiger partial charge in [-0.15, -0.1) is 11.3 Å². The lowest BCUT2D eigenvalue weighted by Crippen LogP contribution is -2.14. The molecule has 2 heterocycles. The summed E-state index contributed by atoms with van der Waals surface area (Å²) in [6, 6.07) is 0. The molecular formula is C13H22N2O2S. The standard InChI is InChI=1S/C13H22N2O2S/c1-2-5-14-7-13-15-11(10-18-13)8-16-9-12-4-3-6-17-12/h10,12,14H,2-9H2,1H3. The van der Waals surface area contributed by atoms with Gasteiger partial charge >= 0.3 is 0 Å². The van der Waals surface area contributed by atoms with Gasteiger partial charge in [0.1, 0.15) is 5.01 Å². The maximum atomic E-state index is 5.64. The molecular weight excluding hydrogens is 248 g/mol. The van der Waals surface area contributed by atoms with Crippen LogP contribution < -0.4 is 5.32 Å². The fourth-order valence-electron chi connectivity index (χ4n) is 1.94. The normalized spacial score (nSPS) is 19.5. The molecule has 1 aliphatic rings. The van der Waals surface area contributed by atoms with Gasteiger partial charge in [-0.3, -0.25) is 0 Å². The molecule has 1 aromatic heterocycles. The van der Waals surface area contributed by atoms with E-state index in [1.165, 1.54) is 0 Å². The summed E-state index contributed by atoms with van der Waals surface area (Å²) in [7, 11) is 0. The summed E-state index contributed by atoms with van der Waals surface area (Å²) in [6.45, 7) is 6.26. The average molecular weight is 270 g/mol. The average Bonchev–Trinajstić information content (AvgIpc) is 3.01. The minimum atomic E-state index is 0.300. The molecule has 0 radical (unpaired) electrons. The van der Waals surface area contributed by atoms with Crippen molar-refractivity contribution in [3.05, 3.63) is 16.1 Å². The Morgan fingerprint density at radius 1 is 1.61 bits per heavy atom. The van der Waals surface area contributed by atoms with Crippen molar-refractivity contribution in [3.8, 4) is 0 Å². The molecule has 1 unspecified atom stereocenters. The molecule has 1 aromatic rings. The third-order valence-electron chi connectivity index (χ3n) is 2.88. The topological polar surface area (TPSA) is 43.4 Å². The van der Waals surface area contributed by atoms with Crippen molar-refractivity contribution in [2.24, 2.45) is 0 Å². The lowest BCUT2D eigenvalue weighted by atomic mass is 10.2. The third-order valence-corrected chi connectivity index (χ3v) is 3.78. The van der Waals surface area contributed by atoms with E-state index in [0.717, 1.165) is 49.7 Å². The van der Waals surface area contributed by atoms with E-state index in [9.17, 15) is 0 Å². The van der Waals surface area contributed by atoms with Crippen LogP contribution in [0.1, 0.15) is 36.9 Å². The van der Waals surface area contributed by atoms with Crippen LogP contribution in [-0.4, -0.2) is 30.8 Å². The quantitative estimate of drug-likeness (QED) is 0.736. The number of aromatic nitrogens is 1. The van der Waals surface area contributed by atoms with Gasteiger partial charge in [0.15, 0.2) is 0 Å². The maximum absolute atomic E-state index is 5.64. The highest BCUT2D eigenvalue weighted by atomic mass is 32.1. The summed E-state index contributed by atoms with van der Waals surface area (Å²) in [6.07, 6.45) is 3.75. The number of rotatable bonds is 8. The Kier molecular flexibility index (Phi) is 6.07. The Balaban J connectivity index is 1.63. The number of thiazole rings is 1. The van der Waals surface area contributed by atoms with Crippen LogP contribution in [0.15, 0.2) is 5.38 Å². The third kappa shape index (κ3) is 4.65. The summed E-state index contributed by atoms with van der Waals surface area (Å²) < 4.78 is 11.2. The van der Waals surface area contributed by atoms with Crippen molar-refractivity contribution in [1.82, 2.24) is 10.3 Å². The van der Waals surface area contributed by atoms with E-state index in [0.29, 0.717) is 19.3 Å². The molecule has 0 aliphatic carbocycles. The van der Waals surface area contributed by atoms with Crippen LogP contribution in [0.5, 0.6) is 0 Å². The van der Waals surface area contributed by atoms with E-state index < -0.39 is 0 Å². The number of hydrogen-bond acceptors (Lipinski definition) is 5. The second-order valence-corrected chi connectivity index (χ2v) is 5.50. The summed E-state index contributed by atoms with van der Waals surface area (Å²) in [5.41, 5.74) is 1.03. The highest BCUT2D eigenvalue weighted by Crippen LogP contribution is 2.14. The number of ether oxygens (including phenoxy) is 2. The molecule has 2 rings (SSSR count). The second kappa shape index (κ2) is 7.84. The van der Waals surface area contributed by atoms with E-state index >= 15 is 0 Å². The van der Waals surface area contributed by atoms with Gasteiger partial charge in [-0.2, -0.15) is 0 Å². The Bertz CT molecular complexity index is 337. The predicted molar refractivity (Wildman–Crippen MR) is 72.7 cm³/mol. The smallest absolute Gasteiger partial charge is 0.107 e. The molecule has 4 nitrogen and oxygen atoms in total. The van der Waals surface area contributed by atoms with Crippen molar-refractivity contribution >= 4 is 11.3 Å². The highest BCUT2D eigenvalue weighted by molar-refractivity contribution is 7.09. The summed E-state index contributed by atoms with van der Waals surface area (Å²) in [5.74, 6) is 0. The Morgan fingerprint density at radius 2 is 2.56 bits per heavy atom. The largest absolute Gasteiger partial charge is 0.376 e. The van der Waals surface area contributed by atoms with Crippen LogP contribution >= 0.6 is 11.3 Å². The molecule has 1 fully saturated rings. The molecule has 1 saturated heterocycles. The van der Waals surface area contributed by atoms with Gasteiger partial charge in [0.25, 0.3) is 0 Å². The molecule has 0 aromatic carbocycles. The molecule has 5 heteroatoms. The van der Waals surface area contributed by atoms with Crippen LogP contribution in [0.25, 0.3) is 0 Å². The monoisotopic (exact) mass is 270 g/mol. The number of nitrogens with one attached hydrogen (secondary N) is 1. The molecule has 18 heavy (non-hydrogen) atoms. The predicted octanol–water partition coefficient (Wildman–Crippen LogP) is 2.34. The molecule has 0 saturated carbocycles. The maximum Gasteiger partial charge on any atom is 0.107 e. The van der Waals surface area contributed by atoms with E-state index in [1.807, 2.05) is 0 Å². The molecule has 0 amide bonds. The Labute approximate surface area is 113 Å². The van der Waals surface area contributed by atoms with Gasteiger partial charge < -0.3 is 14.8 Å². The Hall–Kier alpha value is -0.490. The van der Waals surface area contributed by atoms with Crippen molar-refractivity contribution in [2.75, 3.05) is 19.8 Å². The van der Waals surface area contributed by atoms with Crippen molar-refractivity contribution < 1.29 is 9.47 Å². The Morgan fingerprint density at radius 3 is 3.33 bits per heavy atom. The van der Waals surface area contributed by atoms with Gasteiger partial charge in [-0.25, -0.2) is 4.98 Å². The minimum absolute atomic E-state index is 0.300. The number of nitrogens with zero attached hydrogens (tertiary/aromatic N) is 1. The fraction of sp³-hybridized carbons (Fsp3) is 0.769. The van der Waals surface area contributed by atoms with Gasteiger partial charge in [0, 0.05) is 18.5 Å². The SMILES string of the molecule is CCCNCc1nc(COCC2CCCO2)cs1. The molecule has 0 spiro atoms. The summed E-state index contributed by atoms with van der Waals surface area (Å²) in [4.78, 5) is 4.54. The van der Waals surface area contributed by atoms with Gasteiger partial charge in [-0.05, 0) is 25.8 Å². The van der Waals surface area contributed by atoms with Crippen molar-refractivity contribution in [3.63, 3.8) is 0 Å². The summed E-state index contributed by atoms with van der Waals surface area (Å²) >= 11 is 1.70. The number of hydrogen-bond donors (Lipinski definition) is 1. The molecule has 102 valence electrons. The lowest BCUT2D eigenvalue weighted by molar-refractivity contribution is 0.00975. The van der Waals surface area contributed by atoms with Crippen LogP contribution in [0.2, 0.25) is 0 Å². The zero-order chi connectivity index (χ0) is 12.6. The van der Waals surface area contributed by atoms with Crippen LogP contribution in [0.4, 0.5) is 0 Å². The van der Waals surface area contributed by atoms with Gasteiger partial charge in [0.2, 0.25) is 0 Å². The first-order valence-corrected chi connectivity index (χ1v) is 7.59. The van der Waals surface area contributed by atoms with E-state index in [1.54, 1.807) is 11.3 Å². The molecule has 1 N–H and O–H groups in total. The molecule has 1 atom stereocenters. The lowest BCUT2D eigenvalue weighted by Gasteiger charge is -2.08. The van der Waals surface area contributed by atoms with E-state index in [2.05, 4.69) is 22.6 Å². The van der Waals surface area contributed by atoms with Crippen molar-refractivity contribution in [2.45, 2.75) is 45.4 Å². The first kappa shape index (κ1) is 13.9. The van der Waals surface area contributed by atoms with E-state index in [-0.39, 0.29) is 0 Å².